The van der Waals surface area contributed by atoms with Gasteiger partial charge in [0.1, 0.15) is 17.2 Å². The van der Waals surface area contributed by atoms with Gasteiger partial charge in [0.15, 0.2) is 6.61 Å². The number of hydrogen-bond acceptors (Lipinski definition) is 5. The van der Waals surface area contributed by atoms with Crippen LogP contribution in [0.4, 0.5) is 0 Å². The Kier molecular flexibility index (Phi) is 6.01. The van der Waals surface area contributed by atoms with Crippen molar-refractivity contribution in [3.05, 3.63) is 72.8 Å². The molecule has 3 rings (SSSR count). The van der Waals surface area contributed by atoms with E-state index in [1.807, 2.05) is 36.4 Å². The molecule has 0 aliphatic rings. The number of nitrogens with one attached hydrogen (secondary N) is 2. The number of fused-ring (bicyclic) bond motifs is 1. The molecule has 6 nitrogen and oxygen atoms in total. The van der Waals surface area contributed by atoms with Gasteiger partial charge in [0.05, 0.1) is 19.9 Å². The average Bonchev–Trinajstić information content (AvgIpc) is 2.75. The van der Waals surface area contributed by atoms with Gasteiger partial charge in [0.25, 0.3) is 5.91 Å². The first-order valence-corrected chi connectivity index (χ1v) is 8.68. The number of ether oxygens (including phenoxy) is 3. The molecule has 0 spiro atoms. The molecule has 144 valence electrons. The third-order valence-corrected chi connectivity index (χ3v) is 4.18. The maximum absolute atomic E-state index is 12.0. The average molecular weight is 378 g/mol. The Morgan fingerprint density at radius 3 is 2.14 bits per heavy atom. The zero-order chi connectivity index (χ0) is 19.9. The van der Waals surface area contributed by atoms with Gasteiger partial charge < -0.3 is 14.2 Å². The Bertz CT molecular complexity index is 983. The second kappa shape index (κ2) is 8.81. The molecule has 0 atom stereocenters. The van der Waals surface area contributed by atoms with Crippen molar-refractivity contribution in [2.45, 2.75) is 0 Å². The molecule has 0 fully saturated rings. The van der Waals surface area contributed by atoms with Crippen LogP contribution in [0.1, 0.15) is 5.56 Å². The van der Waals surface area contributed by atoms with Crippen LogP contribution < -0.4 is 25.1 Å². The normalized spacial score (nSPS) is 10.2. The molecule has 1 amide bonds. The van der Waals surface area contributed by atoms with E-state index in [1.54, 1.807) is 38.5 Å². The molecular weight excluding hydrogens is 356 g/mol. The molecule has 0 unspecified atom stereocenters. The van der Waals surface area contributed by atoms with E-state index in [0.717, 1.165) is 27.8 Å². The summed E-state index contributed by atoms with van der Waals surface area (Å²) in [7, 11) is 3.23. The number of amides is 1. The van der Waals surface area contributed by atoms with Gasteiger partial charge in [-0.25, -0.2) is 0 Å². The van der Waals surface area contributed by atoms with Crippen molar-refractivity contribution >= 4 is 22.4 Å². The summed E-state index contributed by atoms with van der Waals surface area (Å²) in [5, 5.41) is 2.11. The predicted octanol–water partition coefficient (Wildman–Crippen LogP) is 3.53. The molecule has 0 radical (unpaired) electrons. The molecule has 6 heteroatoms. The van der Waals surface area contributed by atoms with Crippen molar-refractivity contribution in [3.8, 4) is 17.2 Å². The Morgan fingerprint density at radius 1 is 0.821 bits per heavy atom. The summed E-state index contributed by atoms with van der Waals surface area (Å²) in [6, 6.07) is 18.8. The Balaban J connectivity index is 1.52. The number of methoxy groups -OCH3 is 2. The third kappa shape index (κ3) is 4.73. The predicted molar refractivity (Wildman–Crippen MR) is 109 cm³/mol. The highest BCUT2D eigenvalue weighted by molar-refractivity contribution is 5.87. The van der Waals surface area contributed by atoms with Gasteiger partial charge in [-0.3, -0.25) is 15.6 Å². The summed E-state index contributed by atoms with van der Waals surface area (Å²) in [6.07, 6.45) is 0. The van der Waals surface area contributed by atoms with Crippen LogP contribution >= 0.6 is 0 Å². The standard InChI is InChI=1S/C22H22N2O4/c1-15(16-4-5-18-13-21(27-3)7-6-17(18)12-16)23-24-22(25)14-28-20-10-8-19(26-2)9-11-20/h4-13,23H,1,14H2,2-3H3,(H,24,25). The fourth-order valence-corrected chi connectivity index (χ4v) is 2.61. The molecule has 0 aliphatic carbocycles. The van der Waals surface area contributed by atoms with E-state index in [4.69, 9.17) is 14.2 Å². The zero-order valence-corrected chi connectivity index (χ0v) is 15.8. The molecule has 3 aromatic carbocycles. The highest BCUT2D eigenvalue weighted by atomic mass is 16.5. The van der Waals surface area contributed by atoms with Crippen molar-refractivity contribution < 1.29 is 19.0 Å². The number of hydrogen-bond donors (Lipinski definition) is 2. The highest BCUT2D eigenvalue weighted by Crippen LogP contribution is 2.23. The minimum absolute atomic E-state index is 0.121. The first-order chi connectivity index (χ1) is 13.6. The lowest BCUT2D eigenvalue weighted by atomic mass is 10.1. The number of carbonyl (C=O) groups is 1. The molecule has 0 saturated heterocycles. The smallest absolute Gasteiger partial charge is 0.276 e. The van der Waals surface area contributed by atoms with Gasteiger partial charge in [-0.05, 0) is 58.8 Å². The molecule has 2 N–H and O–H groups in total. The summed E-state index contributed by atoms with van der Waals surface area (Å²) in [5.74, 6) is 1.80. The molecule has 28 heavy (non-hydrogen) atoms. The summed E-state index contributed by atoms with van der Waals surface area (Å²) in [5.41, 5.74) is 6.85. The van der Waals surface area contributed by atoms with E-state index in [1.165, 1.54) is 0 Å². The summed E-state index contributed by atoms with van der Waals surface area (Å²) >= 11 is 0. The third-order valence-electron chi connectivity index (χ3n) is 4.18. The SMILES string of the molecule is C=C(NNC(=O)COc1ccc(OC)cc1)c1ccc2cc(OC)ccc2c1. The highest BCUT2D eigenvalue weighted by Gasteiger charge is 2.06. The van der Waals surface area contributed by atoms with E-state index < -0.39 is 0 Å². The minimum Gasteiger partial charge on any atom is -0.497 e. The summed E-state index contributed by atoms with van der Waals surface area (Å²) in [4.78, 5) is 12.0. The van der Waals surface area contributed by atoms with E-state index in [-0.39, 0.29) is 12.5 Å². The summed E-state index contributed by atoms with van der Waals surface area (Å²) in [6.45, 7) is 3.85. The molecule has 0 aliphatic heterocycles. The van der Waals surface area contributed by atoms with Crippen molar-refractivity contribution in [2.75, 3.05) is 20.8 Å². The Hall–Kier alpha value is -3.67. The fourth-order valence-electron chi connectivity index (χ4n) is 2.61. The van der Waals surface area contributed by atoms with Gasteiger partial charge in [-0.15, -0.1) is 0 Å². The first-order valence-electron chi connectivity index (χ1n) is 8.68. The monoisotopic (exact) mass is 378 g/mol. The van der Waals surface area contributed by atoms with Gasteiger partial charge >= 0.3 is 0 Å². The van der Waals surface area contributed by atoms with Crippen molar-refractivity contribution in [3.63, 3.8) is 0 Å². The van der Waals surface area contributed by atoms with Gasteiger partial charge in [0, 0.05) is 0 Å². The Labute approximate surface area is 163 Å². The molecule has 0 heterocycles. The van der Waals surface area contributed by atoms with Crippen LogP contribution in [0.3, 0.4) is 0 Å². The van der Waals surface area contributed by atoms with Crippen LogP contribution in [0.15, 0.2) is 67.2 Å². The number of hydrazine groups is 1. The largest absolute Gasteiger partial charge is 0.497 e. The molecule has 3 aromatic rings. The van der Waals surface area contributed by atoms with Crippen molar-refractivity contribution in [1.82, 2.24) is 10.9 Å². The number of benzene rings is 3. The lowest BCUT2D eigenvalue weighted by Crippen LogP contribution is -2.38. The molecule has 0 aromatic heterocycles. The van der Waals surface area contributed by atoms with E-state index >= 15 is 0 Å². The van der Waals surface area contributed by atoms with E-state index in [0.29, 0.717) is 11.4 Å². The summed E-state index contributed by atoms with van der Waals surface area (Å²) < 4.78 is 15.8. The topological polar surface area (TPSA) is 68.8 Å². The Morgan fingerprint density at radius 2 is 1.43 bits per heavy atom. The van der Waals surface area contributed by atoms with Crippen LogP contribution in [-0.2, 0) is 4.79 Å². The van der Waals surface area contributed by atoms with Gasteiger partial charge in [0.2, 0.25) is 0 Å². The first kappa shape index (κ1) is 19.1. The molecule has 0 saturated carbocycles. The van der Waals surface area contributed by atoms with Crippen LogP contribution in [0.2, 0.25) is 0 Å². The zero-order valence-electron chi connectivity index (χ0n) is 15.8. The lowest BCUT2D eigenvalue weighted by molar-refractivity contribution is -0.123. The fraction of sp³-hybridized carbons (Fsp3) is 0.136. The number of carbonyl (C=O) groups excluding carboxylic acids is 1. The van der Waals surface area contributed by atoms with Crippen LogP contribution in [0, 0.1) is 0 Å². The van der Waals surface area contributed by atoms with E-state index in [9.17, 15) is 4.79 Å². The van der Waals surface area contributed by atoms with Crippen LogP contribution in [-0.4, -0.2) is 26.7 Å². The van der Waals surface area contributed by atoms with Crippen molar-refractivity contribution in [2.24, 2.45) is 0 Å². The lowest BCUT2D eigenvalue weighted by Gasteiger charge is -2.13. The second-order valence-corrected chi connectivity index (χ2v) is 6.04. The molecule has 0 bridgehead atoms. The molecular formula is C22H22N2O4. The maximum Gasteiger partial charge on any atom is 0.276 e. The minimum atomic E-state index is -0.317. The number of rotatable bonds is 8. The quantitative estimate of drug-likeness (QED) is 0.587. The van der Waals surface area contributed by atoms with Crippen LogP contribution in [0.5, 0.6) is 17.2 Å². The van der Waals surface area contributed by atoms with Gasteiger partial charge in [-0.1, -0.05) is 24.8 Å². The van der Waals surface area contributed by atoms with E-state index in [2.05, 4.69) is 17.4 Å². The maximum atomic E-state index is 12.0. The second-order valence-electron chi connectivity index (χ2n) is 6.04. The van der Waals surface area contributed by atoms with Crippen LogP contribution in [0.25, 0.3) is 16.5 Å². The van der Waals surface area contributed by atoms with Crippen molar-refractivity contribution in [1.29, 1.82) is 0 Å². The van der Waals surface area contributed by atoms with Gasteiger partial charge in [-0.2, -0.15) is 0 Å².